The lowest BCUT2D eigenvalue weighted by Gasteiger charge is -2.02. The fraction of sp³-hybridized carbons (Fsp3) is 0.200. The zero-order chi connectivity index (χ0) is 13.0. The Labute approximate surface area is 116 Å². The van der Waals surface area contributed by atoms with Crippen molar-refractivity contribution in [2.45, 2.75) is 17.5 Å². The molecule has 1 aromatic carbocycles. The summed E-state index contributed by atoms with van der Waals surface area (Å²) in [5.41, 5.74) is 1.12. The van der Waals surface area contributed by atoms with E-state index in [2.05, 4.69) is 31.5 Å². The van der Waals surface area contributed by atoms with Crippen molar-refractivity contribution in [2.24, 2.45) is 0 Å². The van der Waals surface area contributed by atoms with Gasteiger partial charge in [0.2, 0.25) is 5.16 Å². The molecule has 0 spiro atoms. The van der Waals surface area contributed by atoms with Crippen LogP contribution in [0.5, 0.6) is 0 Å². The Morgan fingerprint density at radius 2 is 2.11 bits per heavy atom. The molecule has 0 unspecified atom stereocenters. The smallest absolute Gasteiger partial charge is 0.325 e. The van der Waals surface area contributed by atoms with Crippen molar-refractivity contribution in [1.82, 2.24) is 20.2 Å². The van der Waals surface area contributed by atoms with Crippen LogP contribution in [-0.2, 0) is 17.1 Å². The van der Waals surface area contributed by atoms with E-state index < -0.39 is 5.97 Å². The lowest BCUT2D eigenvalue weighted by molar-refractivity contribution is -0.138. The second-order valence-electron chi connectivity index (χ2n) is 3.43. The largest absolute Gasteiger partial charge is 0.480 e. The van der Waals surface area contributed by atoms with Gasteiger partial charge in [0.25, 0.3) is 0 Å². The van der Waals surface area contributed by atoms with Crippen LogP contribution in [0.2, 0.25) is 0 Å². The van der Waals surface area contributed by atoms with E-state index in [0.29, 0.717) is 10.9 Å². The van der Waals surface area contributed by atoms with Gasteiger partial charge in [-0.1, -0.05) is 39.8 Å². The van der Waals surface area contributed by atoms with Gasteiger partial charge < -0.3 is 5.11 Å². The van der Waals surface area contributed by atoms with Gasteiger partial charge in [-0.05, 0) is 28.1 Å². The Morgan fingerprint density at radius 3 is 2.78 bits per heavy atom. The minimum absolute atomic E-state index is 0.227. The molecule has 1 N–H and O–H groups in total. The van der Waals surface area contributed by atoms with Crippen molar-refractivity contribution < 1.29 is 9.90 Å². The molecule has 18 heavy (non-hydrogen) atoms. The Morgan fingerprint density at radius 1 is 1.39 bits per heavy atom. The molecule has 0 fully saturated rings. The van der Waals surface area contributed by atoms with Gasteiger partial charge >= 0.3 is 5.97 Å². The maximum Gasteiger partial charge on any atom is 0.325 e. The molecule has 0 aliphatic rings. The topological polar surface area (TPSA) is 80.9 Å². The number of hydrogen-bond acceptors (Lipinski definition) is 5. The van der Waals surface area contributed by atoms with Gasteiger partial charge in [-0.25, -0.2) is 4.68 Å². The Hall–Kier alpha value is -1.41. The fourth-order valence-corrected chi connectivity index (χ4v) is 2.35. The molecule has 94 valence electrons. The summed E-state index contributed by atoms with van der Waals surface area (Å²) in [6.45, 7) is -0.227. The highest BCUT2D eigenvalue weighted by molar-refractivity contribution is 9.10. The van der Waals surface area contributed by atoms with Gasteiger partial charge in [-0.15, -0.1) is 5.10 Å². The zero-order valence-corrected chi connectivity index (χ0v) is 11.6. The van der Waals surface area contributed by atoms with Crippen molar-refractivity contribution >= 4 is 33.7 Å². The number of rotatable bonds is 5. The van der Waals surface area contributed by atoms with Gasteiger partial charge in [0.15, 0.2) is 0 Å². The summed E-state index contributed by atoms with van der Waals surface area (Å²) in [4.78, 5) is 10.6. The number of tetrazole rings is 1. The van der Waals surface area contributed by atoms with Crippen LogP contribution in [0, 0.1) is 0 Å². The predicted molar refractivity (Wildman–Crippen MR) is 69.2 cm³/mol. The number of hydrogen-bond donors (Lipinski definition) is 1. The maximum atomic E-state index is 10.6. The molecule has 2 rings (SSSR count). The van der Waals surface area contributed by atoms with Crippen LogP contribution >= 0.6 is 27.7 Å². The first-order chi connectivity index (χ1) is 8.65. The van der Waals surface area contributed by atoms with E-state index in [1.54, 1.807) is 0 Å². The zero-order valence-electron chi connectivity index (χ0n) is 9.15. The van der Waals surface area contributed by atoms with Crippen LogP contribution < -0.4 is 0 Å². The first-order valence-corrected chi connectivity index (χ1v) is 6.78. The highest BCUT2D eigenvalue weighted by Gasteiger charge is 2.09. The Bertz CT molecular complexity index is 543. The fourth-order valence-electron chi connectivity index (χ4n) is 1.26. The van der Waals surface area contributed by atoms with E-state index >= 15 is 0 Å². The molecule has 0 aliphatic carbocycles. The summed E-state index contributed by atoms with van der Waals surface area (Å²) < 4.78 is 2.29. The quantitative estimate of drug-likeness (QED) is 0.843. The van der Waals surface area contributed by atoms with Crippen LogP contribution in [0.25, 0.3) is 0 Å². The van der Waals surface area contributed by atoms with Crippen molar-refractivity contribution in [3.8, 4) is 0 Å². The van der Waals surface area contributed by atoms with E-state index in [-0.39, 0.29) is 6.54 Å². The molecular weight excluding hydrogens is 320 g/mol. The van der Waals surface area contributed by atoms with Crippen LogP contribution in [0.15, 0.2) is 33.9 Å². The number of aliphatic carboxylic acids is 1. The predicted octanol–water partition coefficient (Wildman–Crippen LogP) is 1.81. The molecule has 1 heterocycles. The van der Waals surface area contributed by atoms with Gasteiger partial charge in [-0.3, -0.25) is 4.79 Å². The van der Waals surface area contributed by atoms with E-state index in [1.165, 1.54) is 16.4 Å². The lowest BCUT2D eigenvalue weighted by atomic mass is 10.2. The number of halogens is 1. The number of thioether (sulfide) groups is 1. The molecule has 0 bridgehead atoms. The molecule has 0 amide bonds. The molecule has 6 nitrogen and oxygen atoms in total. The molecule has 2 aromatic rings. The van der Waals surface area contributed by atoms with Gasteiger partial charge in [-0.2, -0.15) is 0 Å². The maximum absolute atomic E-state index is 10.6. The van der Waals surface area contributed by atoms with Crippen LogP contribution in [0.3, 0.4) is 0 Å². The average Bonchev–Trinajstić information content (AvgIpc) is 2.75. The number of nitrogens with zero attached hydrogens (tertiary/aromatic N) is 4. The summed E-state index contributed by atoms with van der Waals surface area (Å²) in [7, 11) is 0. The first-order valence-electron chi connectivity index (χ1n) is 5.00. The van der Waals surface area contributed by atoms with Crippen molar-refractivity contribution in [3.05, 3.63) is 34.3 Å². The average molecular weight is 329 g/mol. The highest BCUT2D eigenvalue weighted by Crippen LogP contribution is 2.21. The number of aromatic nitrogens is 4. The van der Waals surface area contributed by atoms with Gasteiger partial charge in [0.1, 0.15) is 6.54 Å². The second kappa shape index (κ2) is 5.96. The SMILES string of the molecule is O=C(O)Cn1nnnc1SCc1ccc(Br)cc1. The molecular formula is C10H9BrN4O2S. The number of carboxylic acid groups (broad SMARTS) is 1. The van der Waals surface area contributed by atoms with E-state index in [9.17, 15) is 4.79 Å². The molecule has 0 atom stereocenters. The molecule has 0 saturated heterocycles. The minimum Gasteiger partial charge on any atom is -0.480 e. The van der Waals surface area contributed by atoms with Crippen LogP contribution in [0.1, 0.15) is 5.56 Å². The van der Waals surface area contributed by atoms with E-state index in [0.717, 1.165) is 10.0 Å². The molecule has 0 saturated carbocycles. The highest BCUT2D eigenvalue weighted by atomic mass is 79.9. The van der Waals surface area contributed by atoms with Crippen LogP contribution in [0.4, 0.5) is 0 Å². The third-order valence-electron chi connectivity index (χ3n) is 2.07. The Kier molecular flexibility index (Phi) is 4.32. The molecule has 8 heteroatoms. The van der Waals surface area contributed by atoms with E-state index in [4.69, 9.17) is 5.11 Å². The summed E-state index contributed by atoms with van der Waals surface area (Å²) in [5.74, 6) is -0.277. The molecule has 0 radical (unpaired) electrons. The number of carbonyl (C=O) groups is 1. The Balaban J connectivity index is 1.99. The van der Waals surface area contributed by atoms with Crippen molar-refractivity contribution in [1.29, 1.82) is 0 Å². The van der Waals surface area contributed by atoms with E-state index in [1.807, 2.05) is 24.3 Å². The van der Waals surface area contributed by atoms with Crippen LogP contribution in [-0.4, -0.2) is 31.3 Å². The van der Waals surface area contributed by atoms with Crippen molar-refractivity contribution in [3.63, 3.8) is 0 Å². The number of benzene rings is 1. The van der Waals surface area contributed by atoms with Crippen molar-refractivity contribution in [2.75, 3.05) is 0 Å². The summed E-state index contributed by atoms with van der Waals surface area (Å²) in [5, 5.41) is 20.1. The van der Waals surface area contributed by atoms with Gasteiger partial charge in [0.05, 0.1) is 0 Å². The summed E-state index contributed by atoms with van der Waals surface area (Å²) in [6, 6.07) is 7.89. The summed E-state index contributed by atoms with van der Waals surface area (Å²) in [6.07, 6.45) is 0. The first kappa shape index (κ1) is 13.0. The second-order valence-corrected chi connectivity index (χ2v) is 5.29. The summed E-state index contributed by atoms with van der Waals surface area (Å²) >= 11 is 4.77. The lowest BCUT2D eigenvalue weighted by Crippen LogP contribution is -2.11. The standard InChI is InChI=1S/C10H9BrN4O2S/c11-8-3-1-7(2-4-8)6-18-10-12-13-14-15(10)5-9(16)17/h1-4H,5-6H2,(H,16,17). The third kappa shape index (κ3) is 3.54. The monoisotopic (exact) mass is 328 g/mol. The van der Waals surface area contributed by atoms with Gasteiger partial charge in [0, 0.05) is 10.2 Å². The molecule has 0 aliphatic heterocycles. The normalized spacial score (nSPS) is 10.5. The molecule has 1 aromatic heterocycles. The number of carboxylic acids is 1. The minimum atomic E-state index is -0.965. The third-order valence-corrected chi connectivity index (χ3v) is 3.62.